The first-order valence-corrected chi connectivity index (χ1v) is 12.6. The summed E-state index contributed by atoms with van der Waals surface area (Å²) in [6, 6.07) is 7.67. The predicted molar refractivity (Wildman–Crippen MR) is 142 cm³/mol. The van der Waals surface area contributed by atoms with E-state index in [1.807, 2.05) is 37.6 Å². The van der Waals surface area contributed by atoms with Gasteiger partial charge in [-0.15, -0.1) is 5.10 Å². The first-order chi connectivity index (χ1) is 17.7. The number of hydrogen-bond acceptors (Lipinski definition) is 8. The van der Waals surface area contributed by atoms with Gasteiger partial charge in [0.05, 0.1) is 29.5 Å². The van der Waals surface area contributed by atoms with Gasteiger partial charge in [0, 0.05) is 56.0 Å². The summed E-state index contributed by atoms with van der Waals surface area (Å²) in [7, 11) is 2.14. The molecule has 192 valence electrons. The van der Waals surface area contributed by atoms with Crippen molar-refractivity contribution in [1.29, 1.82) is 0 Å². The number of aromatic nitrogens is 5. The zero-order chi connectivity index (χ0) is 26.2. The Morgan fingerprint density at radius 3 is 2.57 bits per heavy atom. The minimum Gasteiger partial charge on any atom is -0.457 e. The normalized spacial score (nSPS) is 14.8. The van der Waals surface area contributed by atoms with Crippen LogP contribution in [-0.2, 0) is 11.8 Å². The molecule has 4 aromatic rings. The summed E-state index contributed by atoms with van der Waals surface area (Å²) in [6.07, 6.45) is 7.50. The second-order valence-corrected chi connectivity index (χ2v) is 10.7. The topological polar surface area (TPSA) is 93.2 Å². The summed E-state index contributed by atoms with van der Waals surface area (Å²) in [5.41, 5.74) is 4.94. The Labute approximate surface area is 217 Å². The van der Waals surface area contributed by atoms with Crippen LogP contribution in [0.2, 0.25) is 0 Å². The lowest BCUT2D eigenvalue weighted by molar-refractivity contribution is 0.0963. The smallest absolute Gasteiger partial charge is 0.202 e. The zero-order valence-corrected chi connectivity index (χ0v) is 22.1. The van der Waals surface area contributed by atoms with Crippen LogP contribution in [0.5, 0.6) is 0 Å². The number of nitrogens with zero attached hydrogens (tertiary/aromatic N) is 7. The van der Waals surface area contributed by atoms with Crippen molar-refractivity contribution in [2.45, 2.75) is 39.5 Å². The average molecular weight is 500 g/mol. The molecule has 9 nitrogen and oxygen atoms in total. The summed E-state index contributed by atoms with van der Waals surface area (Å²) in [5, 5.41) is 8.76. The van der Waals surface area contributed by atoms with E-state index < -0.39 is 0 Å². The van der Waals surface area contributed by atoms with Crippen molar-refractivity contribution in [2.24, 2.45) is 0 Å². The van der Waals surface area contributed by atoms with Crippen molar-refractivity contribution in [3.05, 3.63) is 71.8 Å². The molecular formula is C28H33N7O2. The van der Waals surface area contributed by atoms with E-state index in [0.29, 0.717) is 5.76 Å². The van der Waals surface area contributed by atoms with E-state index in [0.717, 1.165) is 65.8 Å². The van der Waals surface area contributed by atoms with E-state index in [-0.39, 0.29) is 17.6 Å². The maximum absolute atomic E-state index is 12.9. The molecule has 0 aromatic carbocycles. The van der Waals surface area contributed by atoms with Gasteiger partial charge in [0.2, 0.25) is 5.78 Å². The first kappa shape index (κ1) is 24.8. The van der Waals surface area contributed by atoms with Crippen LogP contribution in [0.3, 0.4) is 0 Å². The minimum absolute atomic E-state index is 0.0850. The van der Waals surface area contributed by atoms with Gasteiger partial charge in [-0.25, -0.2) is 4.68 Å². The van der Waals surface area contributed by atoms with Gasteiger partial charge in [0.15, 0.2) is 5.76 Å². The van der Waals surface area contributed by atoms with Crippen LogP contribution < -0.4 is 4.90 Å². The van der Waals surface area contributed by atoms with Crippen molar-refractivity contribution in [1.82, 2.24) is 29.9 Å². The van der Waals surface area contributed by atoms with Crippen LogP contribution in [0.25, 0.3) is 16.9 Å². The number of furan rings is 1. The second kappa shape index (κ2) is 9.89. The van der Waals surface area contributed by atoms with E-state index in [2.05, 4.69) is 64.0 Å². The number of pyridine rings is 2. The molecule has 5 heterocycles. The maximum Gasteiger partial charge on any atom is 0.202 e. The Bertz CT molecular complexity index is 1410. The highest BCUT2D eigenvalue weighted by Gasteiger charge is 2.21. The number of aryl methyl sites for hydroxylation is 1. The molecular weight excluding hydrogens is 466 g/mol. The molecule has 0 bridgehead atoms. The molecule has 1 fully saturated rings. The fourth-order valence-corrected chi connectivity index (χ4v) is 4.37. The number of carbonyl (C=O) groups is 1. The summed E-state index contributed by atoms with van der Waals surface area (Å²) in [4.78, 5) is 26.5. The van der Waals surface area contributed by atoms with Gasteiger partial charge in [-0.3, -0.25) is 14.8 Å². The molecule has 1 saturated heterocycles. The van der Waals surface area contributed by atoms with Gasteiger partial charge in [0.1, 0.15) is 11.5 Å². The molecule has 0 unspecified atom stereocenters. The number of Topliss-reactive ketones (excluding diaryl/α,β-unsaturated/α-hetero) is 1. The lowest BCUT2D eigenvalue weighted by atomic mass is 9.94. The van der Waals surface area contributed by atoms with Crippen molar-refractivity contribution >= 4 is 11.5 Å². The molecule has 37 heavy (non-hydrogen) atoms. The highest BCUT2D eigenvalue weighted by atomic mass is 16.3. The van der Waals surface area contributed by atoms with Gasteiger partial charge in [-0.05, 0) is 43.8 Å². The van der Waals surface area contributed by atoms with Crippen LogP contribution >= 0.6 is 0 Å². The Morgan fingerprint density at radius 1 is 1.05 bits per heavy atom. The predicted octanol–water partition coefficient (Wildman–Crippen LogP) is 4.10. The minimum atomic E-state index is -0.151. The number of carbonyl (C=O) groups excluding carboxylic acids is 1. The Kier molecular flexibility index (Phi) is 6.64. The average Bonchev–Trinajstić information content (AvgIpc) is 3.56. The van der Waals surface area contributed by atoms with Crippen molar-refractivity contribution in [3.8, 4) is 16.9 Å². The number of piperazine rings is 1. The van der Waals surface area contributed by atoms with Crippen molar-refractivity contribution in [2.75, 3.05) is 38.1 Å². The molecule has 0 atom stereocenters. The molecule has 0 aliphatic carbocycles. The molecule has 0 amide bonds. The van der Waals surface area contributed by atoms with Gasteiger partial charge in [0.25, 0.3) is 0 Å². The zero-order valence-electron chi connectivity index (χ0n) is 22.1. The highest BCUT2D eigenvalue weighted by molar-refractivity contribution is 5.95. The van der Waals surface area contributed by atoms with Gasteiger partial charge < -0.3 is 14.2 Å². The summed E-state index contributed by atoms with van der Waals surface area (Å²) < 4.78 is 7.53. The Hall–Kier alpha value is -3.85. The highest BCUT2D eigenvalue weighted by Crippen LogP contribution is 2.26. The third-order valence-electron chi connectivity index (χ3n) is 6.73. The lowest BCUT2D eigenvalue weighted by Crippen LogP contribution is -2.44. The maximum atomic E-state index is 12.9. The molecule has 1 aliphatic heterocycles. The van der Waals surface area contributed by atoms with Crippen LogP contribution in [0.1, 0.15) is 48.3 Å². The Balaban J connectivity index is 1.35. The van der Waals surface area contributed by atoms with Crippen LogP contribution in [-0.4, -0.2) is 68.9 Å². The molecule has 5 rings (SSSR count). The van der Waals surface area contributed by atoms with E-state index in [1.54, 1.807) is 16.9 Å². The number of hydrogen-bond donors (Lipinski definition) is 0. The van der Waals surface area contributed by atoms with Gasteiger partial charge in [-0.2, -0.15) is 0 Å². The van der Waals surface area contributed by atoms with E-state index in [4.69, 9.17) is 4.42 Å². The molecule has 1 aliphatic rings. The summed E-state index contributed by atoms with van der Waals surface area (Å²) >= 11 is 0. The van der Waals surface area contributed by atoms with Crippen molar-refractivity contribution in [3.63, 3.8) is 0 Å². The second-order valence-electron chi connectivity index (χ2n) is 10.7. The van der Waals surface area contributed by atoms with Crippen LogP contribution in [0, 0.1) is 6.92 Å². The molecule has 0 saturated carbocycles. The third-order valence-corrected chi connectivity index (χ3v) is 6.73. The number of anilines is 1. The number of rotatable bonds is 6. The van der Waals surface area contributed by atoms with Crippen LogP contribution in [0.4, 0.5) is 5.69 Å². The fourth-order valence-electron chi connectivity index (χ4n) is 4.37. The molecule has 0 radical (unpaired) electrons. The standard InChI is InChI=1S/C28H33N7O2/c1-19-24(12-20(15-30-19)13-25(36)26-6-7-27(37-26)28(2,3)4)35-18-23(31-32-35)21-14-22(17-29-16-21)34-10-8-33(5)9-11-34/h6-7,12,14-18H,8-11,13H2,1-5H3. The summed E-state index contributed by atoms with van der Waals surface area (Å²) in [5.74, 6) is 1.07. The largest absolute Gasteiger partial charge is 0.457 e. The van der Waals surface area contributed by atoms with E-state index >= 15 is 0 Å². The number of ketones is 1. The Morgan fingerprint density at radius 2 is 1.84 bits per heavy atom. The summed E-state index contributed by atoms with van der Waals surface area (Å²) in [6.45, 7) is 12.1. The van der Waals surface area contributed by atoms with Crippen molar-refractivity contribution < 1.29 is 9.21 Å². The van der Waals surface area contributed by atoms with Gasteiger partial charge >= 0.3 is 0 Å². The molecule has 9 heteroatoms. The van der Waals surface area contributed by atoms with E-state index in [9.17, 15) is 4.79 Å². The quantitative estimate of drug-likeness (QED) is 0.366. The van der Waals surface area contributed by atoms with E-state index in [1.165, 1.54) is 0 Å². The first-order valence-electron chi connectivity index (χ1n) is 12.6. The SMILES string of the molecule is Cc1ncc(CC(=O)c2ccc(C(C)(C)C)o2)cc1-n1cc(-c2cncc(N3CCN(C)CC3)c2)nn1. The lowest BCUT2D eigenvalue weighted by Gasteiger charge is -2.33. The molecule has 0 N–H and O–H groups in total. The third kappa shape index (κ3) is 5.46. The molecule has 4 aromatic heterocycles. The van der Waals surface area contributed by atoms with Gasteiger partial charge in [-0.1, -0.05) is 26.0 Å². The number of likely N-dealkylation sites (N-methyl/N-ethyl adjacent to an activating group) is 1. The monoisotopic (exact) mass is 499 g/mol. The fraction of sp³-hybridized carbons (Fsp3) is 0.393. The molecule has 0 spiro atoms. The van der Waals surface area contributed by atoms with Crippen LogP contribution in [0.15, 0.2) is 53.5 Å².